The van der Waals surface area contributed by atoms with Gasteiger partial charge in [0.2, 0.25) is 5.91 Å². The molecule has 4 N–H and O–H groups in total. The van der Waals surface area contributed by atoms with Gasteiger partial charge < -0.3 is 21.3 Å². The van der Waals surface area contributed by atoms with Gasteiger partial charge in [-0.05, 0) is 61.4 Å². The van der Waals surface area contributed by atoms with Crippen molar-refractivity contribution in [3.05, 3.63) is 59.7 Å². The van der Waals surface area contributed by atoms with Crippen LogP contribution in [-0.4, -0.2) is 37.4 Å². The summed E-state index contributed by atoms with van der Waals surface area (Å²) < 4.78 is 0. The van der Waals surface area contributed by atoms with Gasteiger partial charge >= 0.3 is 0 Å². The van der Waals surface area contributed by atoms with Crippen molar-refractivity contribution >= 4 is 29.1 Å². The number of hydrogen-bond donors (Lipinski definition) is 4. The molecule has 2 aromatic rings. The van der Waals surface area contributed by atoms with Crippen molar-refractivity contribution in [3.8, 4) is 0 Å². The number of benzene rings is 2. The highest BCUT2D eigenvalue weighted by molar-refractivity contribution is 5.97. The van der Waals surface area contributed by atoms with E-state index in [9.17, 15) is 14.4 Å². The van der Waals surface area contributed by atoms with Crippen LogP contribution in [0.3, 0.4) is 0 Å². The maximum atomic E-state index is 12.1. The van der Waals surface area contributed by atoms with Crippen LogP contribution in [0, 0.1) is 0 Å². The predicted octanol–water partition coefficient (Wildman–Crippen LogP) is 3.02. The zero-order valence-electron chi connectivity index (χ0n) is 16.9. The molecule has 0 aliphatic heterocycles. The minimum absolute atomic E-state index is 0.0834. The standard InChI is InChI=1S/C22H28N4O3/c1-3-13-23-21(28)16-5-9-18(10-6-16)25-15-20(27)26-19-11-7-17(8-12-19)22(29)24-14-4-2/h5-12,25H,3-4,13-15H2,1-2H3,(H,23,28)(H,24,29)(H,26,27). The summed E-state index contributed by atoms with van der Waals surface area (Å²) in [7, 11) is 0. The molecule has 7 nitrogen and oxygen atoms in total. The quantitative estimate of drug-likeness (QED) is 0.496. The Morgan fingerprint density at radius 3 is 1.59 bits per heavy atom. The van der Waals surface area contributed by atoms with Crippen LogP contribution in [0.1, 0.15) is 47.4 Å². The maximum Gasteiger partial charge on any atom is 0.251 e. The molecule has 0 fully saturated rings. The Kier molecular flexibility index (Phi) is 8.69. The van der Waals surface area contributed by atoms with Gasteiger partial charge in [-0.2, -0.15) is 0 Å². The van der Waals surface area contributed by atoms with E-state index >= 15 is 0 Å². The molecule has 0 bridgehead atoms. The fourth-order valence-electron chi connectivity index (χ4n) is 2.51. The molecule has 0 radical (unpaired) electrons. The fraction of sp³-hybridized carbons (Fsp3) is 0.318. The third-order valence-corrected chi connectivity index (χ3v) is 4.10. The first-order valence-corrected chi connectivity index (χ1v) is 9.83. The van der Waals surface area contributed by atoms with Crippen LogP contribution >= 0.6 is 0 Å². The third-order valence-electron chi connectivity index (χ3n) is 4.10. The van der Waals surface area contributed by atoms with Gasteiger partial charge in [-0.25, -0.2) is 0 Å². The molecular weight excluding hydrogens is 368 g/mol. The molecule has 0 heterocycles. The van der Waals surface area contributed by atoms with Crippen LogP contribution in [0.15, 0.2) is 48.5 Å². The van der Waals surface area contributed by atoms with E-state index in [0.29, 0.717) is 29.9 Å². The summed E-state index contributed by atoms with van der Waals surface area (Å²) in [5.41, 5.74) is 2.50. The lowest BCUT2D eigenvalue weighted by atomic mass is 10.2. The Morgan fingerprint density at radius 2 is 1.14 bits per heavy atom. The number of anilines is 2. The Labute approximate surface area is 171 Å². The fourth-order valence-corrected chi connectivity index (χ4v) is 2.51. The first-order chi connectivity index (χ1) is 14.0. The zero-order chi connectivity index (χ0) is 21.1. The molecule has 0 saturated heterocycles. The number of rotatable bonds is 10. The molecule has 0 aliphatic rings. The second-order valence-electron chi connectivity index (χ2n) is 6.57. The number of hydrogen-bond acceptors (Lipinski definition) is 4. The lowest BCUT2D eigenvalue weighted by Crippen LogP contribution is -2.24. The summed E-state index contributed by atoms with van der Waals surface area (Å²) in [5.74, 6) is -0.445. The highest BCUT2D eigenvalue weighted by Gasteiger charge is 2.07. The highest BCUT2D eigenvalue weighted by Crippen LogP contribution is 2.11. The van der Waals surface area contributed by atoms with Crippen molar-refractivity contribution in [1.29, 1.82) is 0 Å². The molecule has 0 spiro atoms. The topological polar surface area (TPSA) is 99.3 Å². The van der Waals surface area contributed by atoms with E-state index in [2.05, 4.69) is 21.3 Å². The summed E-state index contributed by atoms with van der Waals surface area (Å²) in [5, 5.41) is 11.4. The van der Waals surface area contributed by atoms with Crippen LogP contribution in [0.4, 0.5) is 11.4 Å². The summed E-state index contributed by atoms with van der Waals surface area (Å²) in [6, 6.07) is 13.7. The molecule has 2 rings (SSSR count). The van der Waals surface area contributed by atoms with Gasteiger partial charge in [0.05, 0.1) is 6.54 Å². The van der Waals surface area contributed by atoms with Crippen LogP contribution < -0.4 is 21.3 Å². The molecule has 154 valence electrons. The van der Waals surface area contributed by atoms with Crippen LogP contribution in [0.25, 0.3) is 0 Å². The van der Waals surface area contributed by atoms with Crippen molar-refractivity contribution in [2.24, 2.45) is 0 Å². The summed E-state index contributed by atoms with van der Waals surface area (Å²) in [6.07, 6.45) is 1.76. The number of carbonyl (C=O) groups excluding carboxylic acids is 3. The van der Waals surface area contributed by atoms with Crippen molar-refractivity contribution < 1.29 is 14.4 Å². The van der Waals surface area contributed by atoms with Gasteiger partial charge in [0, 0.05) is 35.6 Å². The monoisotopic (exact) mass is 396 g/mol. The van der Waals surface area contributed by atoms with E-state index < -0.39 is 0 Å². The Morgan fingerprint density at radius 1 is 0.690 bits per heavy atom. The lowest BCUT2D eigenvalue weighted by molar-refractivity contribution is -0.114. The van der Waals surface area contributed by atoms with Crippen molar-refractivity contribution in [2.75, 3.05) is 30.3 Å². The molecule has 3 amide bonds. The van der Waals surface area contributed by atoms with Crippen molar-refractivity contribution in [1.82, 2.24) is 10.6 Å². The minimum atomic E-state index is -0.210. The van der Waals surface area contributed by atoms with E-state index in [-0.39, 0.29) is 24.3 Å². The number of amides is 3. The van der Waals surface area contributed by atoms with E-state index in [4.69, 9.17) is 0 Å². The molecule has 0 saturated carbocycles. The molecule has 7 heteroatoms. The number of carbonyl (C=O) groups is 3. The molecule has 0 aliphatic carbocycles. The van der Waals surface area contributed by atoms with Crippen molar-refractivity contribution in [3.63, 3.8) is 0 Å². The number of nitrogens with one attached hydrogen (secondary N) is 4. The third kappa shape index (κ3) is 7.29. The molecule has 0 unspecified atom stereocenters. The second-order valence-corrected chi connectivity index (χ2v) is 6.57. The van der Waals surface area contributed by atoms with E-state index in [1.165, 1.54) is 0 Å². The second kappa shape index (κ2) is 11.5. The summed E-state index contributed by atoms with van der Waals surface area (Å²) in [6.45, 7) is 5.35. The van der Waals surface area contributed by atoms with Crippen LogP contribution in [-0.2, 0) is 4.79 Å². The van der Waals surface area contributed by atoms with Gasteiger partial charge in [0.1, 0.15) is 0 Å². The average Bonchev–Trinajstić information content (AvgIpc) is 2.75. The summed E-state index contributed by atoms with van der Waals surface area (Å²) in [4.78, 5) is 35.9. The largest absolute Gasteiger partial charge is 0.376 e. The minimum Gasteiger partial charge on any atom is -0.376 e. The van der Waals surface area contributed by atoms with Gasteiger partial charge in [-0.15, -0.1) is 0 Å². The van der Waals surface area contributed by atoms with E-state index in [1.807, 2.05) is 13.8 Å². The zero-order valence-corrected chi connectivity index (χ0v) is 16.9. The molecular formula is C22H28N4O3. The smallest absolute Gasteiger partial charge is 0.251 e. The van der Waals surface area contributed by atoms with E-state index in [0.717, 1.165) is 18.5 Å². The van der Waals surface area contributed by atoms with Crippen molar-refractivity contribution in [2.45, 2.75) is 26.7 Å². The predicted molar refractivity (Wildman–Crippen MR) is 115 cm³/mol. The molecule has 0 atom stereocenters. The van der Waals surface area contributed by atoms with Gasteiger partial charge in [-0.3, -0.25) is 14.4 Å². The molecule has 29 heavy (non-hydrogen) atoms. The Balaban J connectivity index is 1.80. The van der Waals surface area contributed by atoms with Gasteiger partial charge in [-0.1, -0.05) is 13.8 Å². The summed E-state index contributed by atoms with van der Waals surface area (Å²) >= 11 is 0. The van der Waals surface area contributed by atoms with E-state index in [1.54, 1.807) is 48.5 Å². The first kappa shape index (κ1) is 21.9. The molecule has 0 aromatic heterocycles. The normalized spacial score (nSPS) is 10.1. The van der Waals surface area contributed by atoms with Gasteiger partial charge in [0.25, 0.3) is 11.8 Å². The Bertz CT molecular complexity index is 817. The van der Waals surface area contributed by atoms with Crippen LogP contribution in [0.2, 0.25) is 0 Å². The first-order valence-electron chi connectivity index (χ1n) is 9.83. The van der Waals surface area contributed by atoms with Crippen LogP contribution in [0.5, 0.6) is 0 Å². The highest BCUT2D eigenvalue weighted by atomic mass is 16.2. The maximum absolute atomic E-state index is 12.1. The Hall–Kier alpha value is -3.35. The SMILES string of the molecule is CCCNC(=O)c1ccc(NCC(=O)Nc2ccc(C(=O)NCCC)cc2)cc1. The van der Waals surface area contributed by atoms with Gasteiger partial charge in [0.15, 0.2) is 0 Å². The lowest BCUT2D eigenvalue weighted by Gasteiger charge is -2.09. The average molecular weight is 396 g/mol. The molecule has 2 aromatic carbocycles.